The molecule has 0 aromatic heterocycles. The molecule has 4 nitrogen and oxygen atoms in total. The van der Waals surface area contributed by atoms with E-state index in [9.17, 15) is 0 Å². The first-order valence-corrected chi connectivity index (χ1v) is 8.52. The van der Waals surface area contributed by atoms with E-state index in [1.807, 2.05) is 0 Å². The summed E-state index contributed by atoms with van der Waals surface area (Å²) >= 11 is 0. The zero-order chi connectivity index (χ0) is 14.4. The second kappa shape index (κ2) is 7.74. The highest BCUT2D eigenvalue weighted by atomic mass is 16.5. The Balaban J connectivity index is 1.97. The van der Waals surface area contributed by atoms with Crippen molar-refractivity contribution in [1.82, 2.24) is 9.80 Å². The lowest BCUT2D eigenvalue weighted by Gasteiger charge is -2.42. The first-order valence-electron chi connectivity index (χ1n) is 8.52. The fourth-order valence-corrected chi connectivity index (χ4v) is 4.12. The molecule has 4 heteroatoms. The standard InChI is InChI=1S/C16H33N3O/c1-3-6-16(14-17,7-4-2)19-8-5-15(13-19)18-9-11-20-12-10-18/h15H,3-14,17H2,1-2H3. The van der Waals surface area contributed by atoms with Crippen molar-refractivity contribution in [2.45, 2.75) is 57.5 Å². The average Bonchev–Trinajstić information content (AvgIpc) is 2.98. The number of ether oxygens (including phenoxy) is 1. The molecule has 118 valence electrons. The lowest BCUT2D eigenvalue weighted by atomic mass is 9.87. The van der Waals surface area contributed by atoms with Gasteiger partial charge in [0.25, 0.3) is 0 Å². The van der Waals surface area contributed by atoms with Crippen LogP contribution in [0.2, 0.25) is 0 Å². The Morgan fingerprint density at radius 1 is 1.10 bits per heavy atom. The van der Waals surface area contributed by atoms with E-state index in [0.29, 0.717) is 0 Å². The zero-order valence-corrected chi connectivity index (χ0v) is 13.4. The number of likely N-dealkylation sites (tertiary alicyclic amines) is 1. The van der Waals surface area contributed by atoms with Gasteiger partial charge in [0.2, 0.25) is 0 Å². The minimum Gasteiger partial charge on any atom is -0.379 e. The van der Waals surface area contributed by atoms with Gasteiger partial charge in [0, 0.05) is 44.3 Å². The van der Waals surface area contributed by atoms with Crippen LogP contribution < -0.4 is 5.73 Å². The van der Waals surface area contributed by atoms with Crippen molar-refractivity contribution in [3.8, 4) is 0 Å². The highest BCUT2D eigenvalue weighted by molar-refractivity contribution is 4.97. The van der Waals surface area contributed by atoms with Gasteiger partial charge in [0.1, 0.15) is 0 Å². The van der Waals surface area contributed by atoms with Crippen LogP contribution in [0.25, 0.3) is 0 Å². The molecule has 0 aromatic carbocycles. The van der Waals surface area contributed by atoms with Crippen molar-refractivity contribution >= 4 is 0 Å². The molecule has 2 fully saturated rings. The van der Waals surface area contributed by atoms with E-state index < -0.39 is 0 Å². The van der Waals surface area contributed by atoms with Crippen LogP contribution in [0.5, 0.6) is 0 Å². The van der Waals surface area contributed by atoms with E-state index >= 15 is 0 Å². The molecule has 0 bridgehead atoms. The van der Waals surface area contributed by atoms with E-state index in [1.54, 1.807) is 0 Å². The molecule has 0 aromatic rings. The molecule has 0 radical (unpaired) electrons. The van der Waals surface area contributed by atoms with Gasteiger partial charge >= 0.3 is 0 Å². The molecule has 1 unspecified atom stereocenters. The maximum absolute atomic E-state index is 6.21. The van der Waals surface area contributed by atoms with E-state index in [0.717, 1.165) is 38.9 Å². The molecule has 20 heavy (non-hydrogen) atoms. The summed E-state index contributed by atoms with van der Waals surface area (Å²) in [5.41, 5.74) is 6.46. The number of nitrogens with two attached hydrogens (primary N) is 1. The topological polar surface area (TPSA) is 41.7 Å². The van der Waals surface area contributed by atoms with E-state index in [4.69, 9.17) is 10.5 Å². The smallest absolute Gasteiger partial charge is 0.0594 e. The number of hydrogen-bond donors (Lipinski definition) is 1. The van der Waals surface area contributed by atoms with Crippen LogP contribution in [0.15, 0.2) is 0 Å². The fourth-order valence-electron chi connectivity index (χ4n) is 4.12. The Morgan fingerprint density at radius 3 is 2.30 bits per heavy atom. The summed E-state index contributed by atoms with van der Waals surface area (Å²) in [6.45, 7) is 11.8. The second-order valence-corrected chi connectivity index (χ2v) is 6.47. The highest BCUT2D eigenvalue weighted by Crippen LogP contribution is 2.31. The molecule has 2 N–H and O–H groups in total. The van der Waals surface area contributed by atoms with Gasteiger partial charge in [-0.15, -0.1) is 0 Å². The van der Waals surface area contributed by atoms with Crippen molar-refractivity contribution in [2.24, 2.45) is 5.73 Å². The number of rotatable bonds is 7. The molecule has 2 heterocycles. The zero-order valence-electron chi connectivity index (χ0n) is 13.4. The number of morpholine rings is 1. The Kier molecular flexibility index (Phi) is 6.27. The fraction of sp³-hybridized carbons (Fsp3) is 1.00. The Hall–Kier alpha value is -0.160. The molecule has 1 atom stereocenters. The normalized spacial score (nSPS) is 26.2. The van der Waals surface area contributed by atoms with Crippen molar-refractivity contribution < 1.29 is 4.74 Å². The maximum atomic E-state index is 6.21. The van der Waals surface area contributed by atoms with E-state index in [2.05, 4.69) is 23.6 Å². The molecule has 2 rings (SSSR count). The van der Waals surface area contributed by atoms with Gasteiger partial charge in [0.15, 0.2) is 0 Å². The minimum absolute atomic E-state index is 0.255. The molecule has 0 amide bonds. The van der Waals surface area contributed by atoms with Crippen molar-refractivity contribution in [1.29, 1.82) is 0 Å². The van der Waals surface area contributed by atoms with Crippen molar-refractivity contribution in [3.63, 3.8) is 0 Å². The summed E-state index contributed by atoms with van der Waals surface area (Å²) in [6.07, 6.45) is 6.25. The quantitative estimate of drug-likeness (QED) is 0.772. The van der Waals surface area contributed by atoms with Gasteiger partial charge in [-0.05, 0) is 19.3 Å². The number of nitrogens with zero attached hydrogens (tertiary/aromatic N) is 2. The van der Waals surface area contributed by atoms with E-state index in [1.165, 1.54) is 45.2 Å². The SMILES string of the molecule is CCCC(CN)(CCC)N1CCC(N2CCOCC2)C1. The first-order chi connectivity index (χ1) is 9.75. The molecular formula is C16H33N3O. The van der Waals surface area contributed by atoms with Gasteiger partial charge in [-0.1, -0.05) is 26.7 Å². The summed E-state index contributed by atoms with van der Waals surface area (Å²) < 4.78 is 5.48. The van der Waals surface area contributed by atoms with E-state index in [-0.39, 0.29) is 5.54 Å². The summed E-state index contributed by atoms with van der Waals surface area (Å²) in [4.78, 5) is 5.34. The first kappa shape index (κ1) is 16.2. The predicted molar refractivity (Wildman–Crippen MR) is 84.0 cm³/mol. The minimum atomic E-state index is 0.255. The Morgan fingerprint density at radius 2 is 1.75 bits per heavy atom. The van der Waals surface area contributed by atoms with Gasteiger partial charge in [-0.25, -0.2) is 0 Å². The lowest BCUT2D eigenvalue weighted by molar-refractivity contribution is 0.0136. The number of hydrogen-bond acceptors (Lipinski definition) is 4. The summed E-state index contributed by atoms with van der Waals surface area (Å²) in [5.74, 6) is 0. The van der Waals surface area contributed by atoms with Crippen LogP contribution in [0, 0.1) is 0 Å². The third-order valence-electron chi connectivity index (χ3n) is 5.21. The van der Waals surface area contributed by atoms with Crippen LogP contribution in [-0.4, -0.2) is 67.3 Å². The van der Waals surface area contributed by atoms with Crippen LogP contribution in [0.1, 0.15) is 46.0 Å². The lowest BCUT2D eigenvalue weighted by Crippen LogP contribution is -2.54. The van der Waals surface area contributed by atoms with Gasteiger partial charge in [0.05, 0.1) is 13.2 Å². The molecule has 2 saturated heterocycles. The highest BCUT2D eigenvalue weighted by Gasteiger charge is 2.39. The molecule has 0 aliphatic carbocycles. The summed E-state index contributed by atoms with van der Waals surface area (Å²) in [6, 6.07) is 0.721. The monoisotopic (exact) mass is 283 g/mol. The molecule has 0 saturated carbocycles. The van der Waals surface area contributed by atoms with Crippen molar-refractivity contribution in [2.75, 3.05) is 45.9 Å². The Labute approximate surface area is 124 Å². The van der Waals surface area contributed by atoms with Crippen LogP contribution in [0.3, 0.4) is 0 Å². The molecule has 0 spiro atoms. The molecule has 2 aliphatic heterocycles. The third kappa shape index (κ3) is 3.53. The Bertz CT molecular complexity index is 273. The van der Waals surface area contributed by atoms with Gasteiger partial charge < -0.3 is 10.5 Å². The third-order valence-corrected chi connectivity index (χ3v) is 5.21. The molecular weight excluding hydrogens is 250 g/mol. The van der Waals surface area contributed by atoms with Gasteiger partial charge in [-0.3, -0.25) is 9.80 Å². The predicted octanol–water partition coefficient (Wildman–Crippen LogP) is 1.69. The second-order valence-electron chi connectivity index (χ2n) is 6.47. The maximum Gasteiger partial charge on any atom is 0.0594 e. The largest absolute Gasteiger partial charge is 0.379 e. The molecule has 2 aliphatic rings. The van der Waals surface area contributed by atoms with Gasteiger partial charge in [-0.2, -0.15) is 0 Å². The van der Waals surface area contributed by atoms with Crippen LogP contribution in [0.4, 0.5) is 0 Å². The van der Waals surface area contributed by atoms with Crippen LogP contribution in [-0.2, 0) is 4.74 Å². The summed E-state index contributed by atoms with van der Waals surface area (Å²) in [7, 11) is 0. The van der Waals surface area contributed by atoms with Crippen LogP contribution >= 0.6 is 0 Å². The van der Waals surface area contributed by atoms with Crippen molar-refractivity contribution in [3.05, 3.63) is 0 Å². The summed E-state index contributed by atoms with van der Waals surface area (Å²) in [5, 5.41) is 0. The average molecular weight is 283 g/mol.